The Morgan fingerprint density at radius 2 is 2.00 bits per heavy atom. The highest BCUT2D eigenvalue weighted by Gasteiger charge is 2.25. The molecule has 0 aliphatic heterocycles. The van der Waals surface area contributed by atoms with Gasteiger partial charge in [-0.1, -0.05) is 35.9 Å². The van der Waals surface area contributed by atoms with Crippen LogP contribution >= 0.6 is 11.6 Å². The van der Waals surface area contributed by atoms with Crippen molar-refractivity contribution in [3.63, 3.8) is 0 Å². The van der Waals surface area contributed by atoms with E-state index >= 15 is 0 Å². The first-order chi connectivity index (χ1) is 10.1. The summed E-state index contributed by atoms with van der Waals surface area (Å²) < 4.78 is 13.7. The second kappa shape index (κ2) is 6.17. The number of hydrogen-bond acceptors (Lipinski definition) is 1. The average molecular weight is 304 g/mol. The Hall–Kier alpha value is -1.38. The van der Waals surface area contributed by atoms with Gasteiger partial charge in [-0.25, -0.2) is 4.39 Å². The van der Waals surface area contributed by atoms with Crippen molar-refractivity contribution >= 4 is 11.6 Å². The highest BCUT2D eigenvalue weighted by Crippen LogP contribution is 2.33. The van der Waals surface area contributed by atoms with E-state index in [1.807, 2.05) is 18.2 Å². The van der Waals surface area contributed by atoms with Gasteiger partial charge in [0, 0.05) is 17.1 Å². The lowest BCUT2D eigenvalue weighted by Gasteiger charge is -2.20. The monoisotopic (exact) mass is 303 g/mol. The lowest BCUT2D eigenvalue weighted by Crippen LogP contribution is -2.31. The molecule has 2 atom stereocenters. The number of rotatable bonds is 4. The van der Waals surface area contributed by atoms with Gasteiger partial charge in [0.05, 0.1) is 0 Å². The van der Waals surface area contributed by atoms with Gasteiger partial charge < -0.3 is 5.32 Å². The van der Waals surface area contributed by atoms with Gasteiger partial charge in [-0.15, -0.1) is 0 Å². The maximum absolute atomic E-state index is 13.7. The molecule has 1 N–H and O–H groups in total. The van der Waals surface area contributed by atoms with Gasteiger partial charge in [-0.3, -0.25) is 0 Å². The van der Waals surface area contributed by atoms with Crippen LogP contribution < -0.4 is 5.32 Å². The number of fused-ring (bicyclic) bond motifs is 1. The van der Waals surface area contributed by atoms with Gasteiger partial charge in [0.1, 0.15) is 5.82 Å². The molecule has 0 saturated heterocycles. The summed E-state index contributed by atoms with van der Waals surface area (Å²) in [4.78, 5) is 0. The molecule has 0 saturated carbocycles. The molecule has 3 rings (SSSR count). The first-order valence-electron chi connectivity index (χ1n) is 7.41. The van der Waals surface area contributed by atoms with Gasteiger partial charge in [-0.05, 0) is 61.1 Å². The van der Waals surface area contributed by atoms with Crippen LogP contribution in [0.5, 0.6) is 0 Å². The molecule has 2 aromatic rings. The molecule has 0 heterocycles. The minimum atomic E-state index is -0.0674. The first kappa shape index (κ1) is 14.6. The smallest absolute Gasteiger partial charge is 0.126 e. The molecule has 21 heavy (non-hydrogen) atoms. The molecule has 2 aromatic carbocycles. The number of benzene rings is 2. The van der Waals surface area contributed by atoms with Crippen molar-refractivity contribution in [1.29, 1.82) is 0 Å². The van der Waals surface area contributed by atoms with Crippen LogP contribution in [0.3, 0.4) is 0 Å². The van der Waals surface area contributed by atoms with Crippen LogP contribution in [0.2, 0.25) is 5.02 Å². The number of nitrogens with one attached hydrogen (secondary N) is 1. The third kappa shape index (κ3) is 3.28. The van der Waals surface area contributed by atoms with E-state index in [2.05, 4.69) is 24.4 Å². The summed E-state index contributed by atoms with van der Waals surface area (Å²) in [7, 11) is 0. The van der Waals surface area contributed by atoms with E-state index in [0.717, 1.165) is 35.4 Å². The summed E-state index contributed by atoms with van der Waals surface area (Å²) >= 11 is 5.91. The second-order valence-corrected chi connectivity index (χ2v) is 6.23. The molecule has 1 nitrogen and oxygen atoms in total. The number of halogens is 2. The molecular formula is C18H19ClFN. The van der Waals surface area contributed by atoms with Crippen LogP contribution in [0.1, 0.15) is 36.1 Å². The maximum atomic E-state index is 13.7. The van der Waals surface area contributed by atoms with E-state index in [-0.39, 0.29) is 11.9 Å². The van der Waals surface area contributed by atoms with Gasteiger partial charge in [0.2, 0.25) is 0 Å². The Balaban J connectivity index is 1.65. The molecule has 0 radical (unpaired) electrons. The zero-order valence-electron chi connectivity index (χ0n) is 12.1. The van der Waals surface area contributed by atoms with Crippen molar-refractivity contribution in [3.05, 3.63) is 70.0 Å². The summed E-state index contributed by atoms with van der Waals surface area (Å²) in [6.45, 7) is 2.17. The fourth-order valence-corrected chi connectivity index (χ4v) is 3.29. The minimum absolute atomic E-state index is 0.0674. The van der Waals surface area contributed by atoms with E-state index in [1.165, 1.54) is 5.56 Å². The topological polar surface area (TPSA) is 12.0 Å². The third-order valence-corrected chi connectivity index (χ3v) is 4.41. The normalized spacial score (nSPS) is 18.5. The van der Waals surface area contributed by atoms with Crippen LogP contribution in [0.25, 0.3) is 0 Å². The van der Waals surface area contributed by atoms with E-state index in [0.29, 0.717) is 6.04 Å². The number of hydrogen-bond donors (Lipinski definition) is 1. The molecule has 1 aliphatic carbocycles. The van der Waals surface area contributed by atoms with E-state index in [4.69, 9.17) is 11.6 Å². The molecule has 0 bridgehead atoms. The zero-order chi connectivity index (χ0) is 14.8. The van der Waals surface area contributed by atoms with Gasteiger partial charge in [-0.2, -0.15) is 0 Å². The fraction of sp³-hybridized carbons (Fsp3) is 0.333. The van der Waals surface area contributed by atoms with Gasteiger partial charge in [0.25, 0.3) is 0 Å². The molecule has 3 heteroatoms. The van der Waals surface area contributed by atoms with Crippen molar-refractivity contribution in [2.75, 3.05) is 0 Å². The molecular weight excluding hydrogens is 285 g/mol. The summed E-state index contributed by atoms with van der Waals surface area (Å²) in [5.74, 6) is -0.0674. The SMILES string of the molecule is CC(Cc1ccc(Cl)cc1)NC1CCc2c(F)cccc21. The van der Waals surface area contributed by atoms with Gasteiger partial charge >= 0.3 is 0 Å². The van der Waals surface area contributed by atoms with Crippen molar-refractivity contribution in [3.8, 4) is 0 Å². The highest BCUT2D eigenvalue weighted by atomic mass is 35.5. The van der Waals surface area contributed by atoms with Gasteiger partial charge in [0.15, 0.2) is 0 Å². The Labute approximate surface area is 130 Å². The average Bonchev–Trinajstić information content (AvgIpc) is 2.86. The quantitative estimate of drug-likeness (QED) is 0.864. The molecule has 1 aliphatic rings. The van der Waals surface area contributed by atoms with Crippen molar-refractivity contribution in [1.82, 2.24) is 5.32 Å². The predicted octanol–water partition coefficient (Wildman–Crippen LogP) is 4.69. The predicted molar refractivity (Wildman–Crippen MR) is 85.2 cm³/mol. The molecule has 0 fully saturated rings. The van der Waals surface area contributed by atoms with Crippen LogP contribution in [0.15, 0.2) is 42.5 Å². The summed E-state index contributed by atoms with van der Waals surface area (Å²) in [6, 6.07) is 14.0. The van der Waals surface area contributed by atoms with E-state index in [9.17, 15) is 4.39 Å². The van der Waals surface area contributed by atoms with Crippen molar-refractivity contribution < 1.29 is 4.39 Å². The zero-order valence-corrected chi connectivity index (χ0v) is 12.8. The molecule has 110 valence electrons. The third-order valence-electron chi connectivity index (χ3n) is 4.15. The van der Waals surface area contributed by atoms with Crippen molar-refractivity contribution in [2.45, 2.75) is 38.3 Å². The summed E-state index contributed by atoms with van der Waals surface area (Å²) in [5.41, 5.74) is 3.27. The Kier molecular flexibility index (Phi) is 4.27. The van der Waals surface area contributed by atoms with Crippen LogP contribution in [0.4, 0.5) is 4.39 Å². The lowest BCUT2D eigenvalue weighted by molar-refractivity contribution is 0.451. The van der Waals surface area contributed by atoms with Crippen LogP contribution in [-0.4, -0.2) is 6.04 Å². The van der Waals surface area contributed by atoms with Crippen molar-refractivity contribution in [2.24, 2.45) is 0 Å². The first-order valence-corrected chi connectivity index (χ1v) is 7.79. The fourth-order valence-electron chi connectivity index (χ4n) is 3.16. The van der Waals surface area contributed by atoms with E-state index in [1.54, 1.807) is 12.1 Å². The maximum Gasteiger partial charge on any atom is 0.126 e. The highest BCUT2D eigenvalue weighted by molar-refractivity contribution is 6.30. The van der Waals surface area contributed by atoms with Crippen LogP contribution in [0, 0.1) is 5.82 Å². The Morgan fingerprint density at radius 3 is 2.76 bits per heavy atom. The molecule has 2 unspecified atom stereocenters. The van der Waals surface area contributed by atoms with E-state index < -0.39 is 0 Å². The molecule has 0 spiro atoms. The summed E-state index contributed by atoms with van der Waals surface area (Å²) in [6.07, 6.45) is 2.74. The Morgan fingerprint density at radius 1 is 1.24 bits per heavy atom. The Bertz CT molecular complexity index is 624. The molecule has 0 aromatic heterocycles. The minimum Gasteiger partial charge on any atom is -0.307 e. The summed E-state index contributed by atoms with van der Waals surface area (Å²) in [5, 5.41) is 4.39. The van der Waals surface area contributed by atoms with Crippen LogP contribution in [-0.2, 0) is 12.8 Å². The second-order valence-electron chi connectivity index (χ2n) is 5.80. The lowest BCUT2D eigenvalue weighted by atomic mass is 10.0. The largest absolute Gasteiger partial charge is 0.307 e. The standard InChI is InChI=1S/C18H19ClFN/c1-12(11-13-5-7-14(19)8-6-13)21-18-10-9-15-16(18)3-2-4-17(15)20/h2-8,12,18,21H,9-11H2,1H3. The molecule has 0 amide bonds.